The van der Waals surface area contributed by atoms with E-state index in [1.165, 1.54) is 0 Å². The number of carbonyl (C=O) groups is 1. The third-order valence-electron chi connectivity index (χ3n) is 3.71. The van der Waals surface area contributed by atoms with Gasteiger partial charge in [0.2, 0.25) is 5.91 Å². The summed E-state index contributed by atoms with van der Waals surface area (Å²) in [5, 5.41) is 3.05. The van der Waals surface area contributed by atoms with Crippen molar-refractivity contribution in [1.82, 2.24) is 10.2 Å². The molecule has 1 saturated heterocycles. The van der Waals surface area contributed by atoms with Gasteiger partial charge < -0.3 is 11.1 Å². The van der Waals surface area contributed by atoms with Crippen LogP contribution in [0.4, 0.5) is 0 Å². The van der Waals surface area contributed by atoms with Gasteiger partial charge in [-0.05, 0) is 32.2 Å². The lowest BCUT2D eigenvalue weighted by Crippen LogP contribution is -2.45. The first kappa shape index (κ1) is 14.5. The SMILES string of the molecule is CCCC(C)NC(=O)CN1CCC(C)C1CN. The van der Waals surface area contributed by atoms with Crippen molar-refractivity contribution in [2.75, 3.05) is 19.6 Å². The normalized spacial score (nSPS) is 27.1. The van der Waals surface area contributed by atoms with E-state index in [1.807, 2.05) is 0 Å². The molecule has 100 valence electrons. The van der Waals surface area contributed by atoms with Crippen LogP contribution in [0.25, 0.3) is 0 Å². The summed E-state index contributed by atoms with van der Waals surface area (Å²) in [6.07, 6.45) is 3.30. The fraction of sp³-hybridized carbons (Fsp3) is 0.923. The number of nitrogens with two attached hydrogens (primary N) is 1. The van der Waals surface area contributed by atoms with Crippen molar-refractivity contribution in [3.8, 4) is 0 Å². The van der Waals surface area contributed by atoms with Crippen molar-refractivity contribution in [3.05, 3.63) is 0 Å². The molecule has 0 spiro atoms. The van der Waals surface area contributed by atoms with E-state index in [4.69, 9.17) is 5.73 Å². The lowest BCUT2D eigenvalue weighted by atomic mass is 10.0. The maximum absolute atomic E-state index is 11.9. The van der Waals surface area contributed by atoms with Crippen molar-refractivity contribution in [1.29, 1.82) is 0 Å². The van der Waals surface area contributed by atoms with Gasteiger partial charge in [0.05, 0.1) is 6.54 Å². The molecular formula is C13H27N3O. The topological polar surface area (TPSA) is 58.4 Å². The van der Waals surface area contributed by atoms with Gasteiger partial charge in [-0.1, -0.05) is 20.3 Å². The first-order chi connectivity index (χ1) is 8.08. The molecule has 3 unspecified atom stereocenters. The molecule has 17 heavy (non-hydrogen) atoms. The Morgan fingerprint density at radius 2 is 2.29 bits per heavy atom. The second-order valence-electron chi connectivity index (χ2n) is 5.30. The highest BCUT2D eigenvalue weighted by atomic mass is 16.2. The van der Waals surface area contributed by atoms with E-state index in [1.54, 1.807) is 0 Å². The molecule has 0 aromatic carbocycles. The Morgan fingerprint density at radius 3 is 2.88 bits per heavy atom. The molecule has 1 aliphatic rings. The molecular weight excluding hydrogens is 214 g/mol. The zero-order valence-corrected chi connectivity index (χ0v) is 11.4. The second kappa shape index (κ2) is 6.97. The van der Waals surface area contributed by atoms with Gasteiger partial charge in [-0.2, -0.15) is 0 Å². The van der Waals surface area contributed by atoms with Gasteiger partial charge in [0.15, 0.2) is 0 Å². The number of nitrogens with one attached hydrogen (secondary N) is 1. The molecule has 1 heterocycles. The van der Waals surface area contributed by atoms with Crippen molar-refractivity contribution >= 4 is 5.91 Å². The van der Waals surface area contributed by atoms with Crippen molar-refractivity contribution < 1.29 is 4.79 Å². The number of carbonyl (C=O) groups excluding carboxylic acids is 1. The summed E-state index contributed by atoms with van der Waals surface area (Å²) >= 11 is 0. The number of nitrogens with zero attached hydrogens (tertiary/aromatic N) is 1. The van der Waals surface area contributed by atoms with Crippen LogP contribution < -0.4 is 11.1 Å². The van der Waals surface area contributed by atoms with Gasteiger partial charge in [0.1, 0.15) is 0 Å². The summed E-state index contributed by atoms with van der Waals surface area (Å²) in [6, 6.07) is 0.658. The molecule has 4 nitrogen and oxygen atoms in total. The van der Waals surface area contributed by atoms with Crippen LogP contribution in [0.2, 0.25) is 0 Å². The molecule has 0 aliphatic carbocycles. The summed E-state index contributed by atoms with van der Waals surface area (Å²) < 4.78 is 0. The smallest absolute Gasteiger partial charge is 0.234 e. The van der Waals surface area contributed by atoms with E-state index in [-0.39, 0.29) is 11.9 Å². The Balaban J connectivity index is 2.35. The summed E-state index contributed by atoms with van der Waals surface area (Å²) in [6.45, 7) is 8.57. The Hall–Kier alpha value is -0.610. The van der Waals surface area contributed by atoms with Crippen LogP contribution in [0.5, 0.6) is 0 Å². The van der Waals surface area contributed by atoms with E-state index in [0.717, 1.165) is 25.8 Å². The minimum atomic E-state index is 0.138. The molecule has 0 radical (unpaired) electrons. The van der Waals surface area contributed by atoms with Gasteiger partial charge in [-0.15, -0.1) is 0 Å². The third-order valence-corrected chi connectivity index (χ3v) is 3.71. The van der Waals surface area contributed by atoms with Crippen LogP contribution in [0, 0.1) is 5.92 Å². The summed E-state index contributed by atoms with van der Waals surface area (Å²) in [7, 11) is 0. The van der Waals surface area contributed by atoms with Crippen molar-refractivity contribution in [2.24, 2.45) is 11.7 Å². The lowest BCUT2D eigenvalue weighted by Gasteiger charge is -2.25. The quantitative estimate of drug-likeness (QED) is 0.728. The van der Waals surface area contributed by atoms with Crippen LogP contribution in [-0.2, 0) is 4.79 Å². The Kier molecular flexibility index (Phi) is 5.92. The maximum Gasteiger partial charge on any atom is 0.234 e. The fourth-order valence-electron chi connectivity index (χ4n) is 2.68. The lowest BCUT2D eigenvalue weighted by molar-refractivity contribution is -0.123. The third kappa shape index (κ3) is 4.28. The van der Waals surface area contributed by atoms with Gasteiger partial charge in [-0.3, -0.25) is 9.69 Å². The number of likely N-dealkylation sites (tertiary alicyclic amines) is 1. The highest BCUT2D eigenvalue weighted by molar-refractivity contribution is 5.78. The molecule has 3 atom stereocenters. The zero-order chi connectivity index (χ0) is 12.8. The second-order valence-corrected chi connectivity index (χ2v) is 5.30. The molecule has 0 aromatic rings. The van der Waals surface area contributed by atoms with Crippen LogP contribution in [0.1, 0.15) is 40.0 Å². The molecule has 1 amide bonds. The summed E-state index contributed by atoms with van der Waals surface area (Å²) in [4.78, 5) is 14.1. The highest BCUT2D eigenvalue weighted by Gasteiger charge is 2.31. The summed E-state index contributed by atoms with van der Waals surface area (Å²) in [5.74, 6) is 0.749. The van der Waals surface area contributed by atoms with Gasteiger partial charge >= 0.3 is 0 Å². The highest BCUT2D eigenvalue weighted by Crippen LogP contribution is 2.22. The first-order valence-corrected chi connectivity index (χ1v) is 6.82. The van der Waals surface area contributed by atoms with Crippen LogP contribution in [0.3, 0.4) is 0 Å². The average molecular weight is 241 g/mol. The van der Waals surface area contributed by atoms with Crippen molar-refractivity contribution in [2.45, 2.75) is 52.1 Å². The molecule has 3 N–H and O–H groups in total. The Bertz CT molecular complexity index is 245. The number of hydrogen-bond donors (Lipinski definition) is 2. The van der Waals surface area contributed by atoms with Crippen LogP contribution in [0.15, 0.2) is 0 Å². The first-order valence-electron chi connectivity index (χ1n) is 6.82. The molecule has 0 bridgehead atoms. The van der Waals surface area contributed by atoms with Crippen LogP contribution in [-0.4, -0.2) is 42.5 Å². The van der Waals surface area contributed by atoms with Gasteiger partial charge in [0, 0.05) is 18.6 Å². The van der Waals surface area contributed by atoms with E-state index in [0.29, 0.717) is 25.0 Å². The Morgan fingerprint density at radius 1 is 1.59 bits per heavy atom. The molecule has 1 fully saturated rings. The maximum atomic E-state index is 11.9. The van der Waals surface area contributed by atoms with Gasteiger partial charge in [-0.25, -0.2) is 0 Å². The summed E-state index contributed by atoms with van der Waals surface area (Å²) in [5.41, 5.74) is 5.77. The zero-order valence-electron chi connectivity index (χ0n) is 11.4. The minimum absolute atomic E-state index is 0.138. The number of hydrogen-bond acceptors (Lipinski definition) is 3. The molecule has 0 aromatic heterocycles. The number of rotatable bonds is 6. The van der Waals surface area contributed by atoms with Crippen molar-refractivity contribution in [3.63, 3.8) is 0 Å². The van der Waals surface area contributed by atoms with E-state index >= 15 is 0 Å². The predicted octanol–water partition coefficient (Wildman–Crippen LogP) is 0.960. The largest absolute Gasteiger partial charge is 0.353 e. The molecule has 4 heteroatoms. The van der Waals surface area contributed by atoms with Crippen LogP contribution >= 0.6 is 0 Å². The predicted molar refractivity (Wildman–Crippen MR) is 70.7 cm³/mol. The van der Waals surface area contributed by atoms with Gasteiger partial charge in [0.25, 0.3) is 0 Å². The van der Waals surface area contributed by atoms with E-state index in [2.05, 4.69) is 31.0 Å². The molecule has 1 rings (SSSR count). The average Bonchev–Trinajstić information content (AvgIpc) is 2.59. The monoisotopic (exact) mass is 241 g/mol. The molecule has 1 aliphatic heterocycles. The standard InChI is InChI=1S/C13H27N3O/c1-4-5-11(3)15-13(17)9-16-7-6-10(2)12(16)8-14/h10-12H,4-9,14H2,1-3H3,(H,15,17). The Labute approximate surface area is 105 Å². The fourth-order valence-corrected chi connectivity index (χ4v) is 2.68. The number of amides is 1. The minimum Gasteiger partial charge on any atom is -0.353 e. The van der Waals surface area contributed by atoms with E-state index in [9.17, 15) is 4.79 Å². The molecule has 0 saturated carbocycles. The van der Waals surface area contributed by atoms with E-state index < -0.39 is 0 Å².